The first kappa shape index (κ1) is 15.9. The van der Waals surface area contributed by atoms with Gasteiger partial charge in [-0.1, -0.05) is 31.5 Å². The van der Waals surface area contributed by atoms with Gasteiger partial charge in [0.1, 0.15) is 18.1 Å². The van der Waals surface area contributed by atoms with Gasteiger partial charge in [-0.3, -0.25) is 0 Å². The van der Waals surface area contributed by atoms with Gasteiger partial charge in [0.15, 0.2) is 0 Å². The van der Waals surface area contributed by atoms with E-state index >= 15 is 0 Å². The van der Waals surface area contributed by atoms with Gasteiger partial charge in [-0.25, -0.2) is 0 Å². The van der Waals surface area contributed by atoms with Crippen LogP contribution >= 0.6 is 11.6 Å². The molecule has 21 heavy (non-hydrogen) atoms. The third kappa shape index (κ3) is 4.80. The van der Waals surface area contributed by atoms with Crippen LogP contribution in [0.4, 0.5) is 0 Å². The summed E-state index contributed by atoms with van der Waals surface area (Å²) in [6.45, 7) is 8.54. The van der Waals surface area contributed by atoms with Gasteiger partial charge >= 0.3 is 0 Å². The molecule has 0 aliphatic rings. The highest BCUT2D eigenvalue weighted by molar-refractivity contribution is 6.30. The fraction of sp³-hybridized carbons (Fsp3) is 0.412. The van der Waals surface area contributed by atoms with Crippen molar-refractivity contribution in [2.75, 3.05) is 6.54 Å². The van der Waals surface area contributed by atoms with Crippen LogP contribution in [0.3, 0.4) is 0 Å². The Hall–Kier alpha value is -1.45. The summed E-state index contributed by atoms with van der Waals surface area (Å²) in [5.74, 6) is 2.36. The van der Waals surface area contributed by atoms with Crippen LogP contribution in [-0.4, -0.2) is 6.54 Å². The molecule has 2 aromatic rings. The van der Waals surface area contributed by atoms with Crippen LogP contribution in [0.25, 0.3) is 0 Å². The number of nitrogens with one attached hydrogen (secondary N) is 1. The molecule has 2 rings (SSSR count). The quantitative estimate of drug-likeness (QED) is 0.814. The zero-order valence-corrected chi connectivity index (χ0v) is 13.5. The Bertz CT molecular complexity index is 578. The highest BCUT2D eigenvalue weighted by atomic mass is 35.5. The zero-order chi connectivity index (χ0) is 15.2. The Morgan fingerprint density at radius 1 is 1.29 bits per heavy atom. The molecule has 4 heteroatoms. The summed E-state index contributed by atoms with van der Waals surface area (Å²) in [6, 6.07) is 7.61. The summed E-state index contributed by atoms with van der Waals surface area (Å²) in [4.78, 5) is 0. The molecule has 0 radical (unpaired) electrons. The molecular formula is C17H22ClNO2. The maximum atomic E-state index is 6.00. The molecule has 1 heterocycles. The van der Waals surface area contributed by atoms with E-state index < -0.39 is 0 Å². The maximum absolute atomic E-state index is 6.00. The fourth-order valence-corrected chi connectivity index (χ4v) is 2.17. The lowest BCUT2D eigenvalue weighted by Gasteiger charge is -2.10. The van der Waals surface area contributed by atoms with E-state index in [2.05, 4.69) is 19.2 Å². The topological polar surface area (TPSA) is 34.4 Å². The Labute approximate surface area is 131 Å². The van der Waals surface area contributed by atoms with Crippen LogP contribution in [0.2, 0.25) is 5.02 Å². The molecular weight excluding hydrogens is 286 g/mol. The molecule has 0 saturated carbocycles. The van der Waals surface area contributed by atoms with Crippen LogP contribution in [0.1, 0.15) is 30.7 Å². The second kappa shape index (κ2) is 7.53. The maximum Gasteiger partial charge on any atom is 0.124 e. The molecule has 0 atom stereocenters. The lowest BCUT2D eigenvalue weighted by atomic mass is 10.2. The van der Waals surface area contributed by atoms with E-state index in [4.69, 9.17) is 20.8 Å². The zero-order valence-electron chi connectivity index (χ0n) is 12.8. The molecule has 1 aromatic heterocycles. The van der Waals surface area contributed by atoms with E-state index in [-0.39, 0.29) is 0 Å². The normalized spacial score (nSPS) is 11.1. The van der Waals surface area contributed by atoms with Crippen LogP contribution < -0.4 is 10.1 Å². The van der Waals surface area contributed by atoms with E-state index in [9.17, 15) is 0 Å². The summed E-state index contributed by atoms with van der Waals surface area (Å²) in [5, 5.41) is 4.06. The van der Waals surface area contributed by atoms with Crippen molar-refractivity contribution in [2.45, 2.75) is 33.9 Å². The average molecular weight is 308 g/mol. The number of hydrogen-bond acceptors (Lipinski definition) is 3. The van der Waals surface area contributed by atoms with Crippen molar-refractivity contribution in [2.24, 2.45) is 5.92 Å². The summed E-state index contributed by atoms with van der Waals surface area (Å²) in [6.07, 6.45) is 1.70. The van der Waals surface area contributed by atoms with E-state index in [1.165, 1.54) is 0 Å². The number of ether oxygens (including phenoxy) is 1. The van der Waals surface area contributed by atoms with E-state index in [1.807, 2.05) is 31.2 Å². The highest BCUT2D eigenvalue weighted by Crippen LogP contribution is 2.24. The van der Waals surface area contributed by atoms with Gasteiger partial charge in [-0.2, -0.15) is 0 Å². The summed E-state index contributed by atoms with van der Waals surface area (Å²) in [7, 11) is 0. The molecule has 0 aliphatic heterocycles. The SMILES string of the molecule is Cc1ccc(Cl)cc1OCc1ccoc1CNCC(C)C. The lowest BCUT2D eigenvalue weighted by Crippen LogP contribution is -2.19. The van der Waals surface area contributed by atoms with Crippen LogP contribution in [-0.2, 0) is 13.2 Å². The van der Waals surface area contributed by atoms with E-state index in [0.717, 1.165) is 35.7 Å². The number of furan rings is 1. The van der Waals surface area contributed by atoms with Gasteiger partial charge in [0, 0.05) is 10.6 Å². The number of aryl methyl sites for hydroxylation is 1. The van der Waals surface area contributed by atoms with Gasteiger partial charge in [0.2, 0.25) is 0 Å². The number of benzene rings is 1. The summed E-state index contributed by atoms with van der Waals surface area (Å²) < 4.78 is 11.4. The van der Waals surface area contributed by atoms with Crippen molar-refractivity contribution in [1.29, 1.82) is 0 Å². The minimum Gasteiger partial charge on any atom is -0.488 e. The first-order chi connectivity index (χ1) is 10.1. The van der Waals surface area contributed by atoms with Crippen molar-refractivity contribution in [1.82, 2.24) is 5.32 Å². The molecule has 114 valence electrons. The standard InChI is InChI=1S/C17H22ClNO2/c1-12(2)9-19-10-17-14(6-7-20-17)11-21-16-8-15(18)5-4-13(16)3/h4-8,12,19H,9-11H2,1-3H3. The Morgan fingerprint density at radius 3 is 2.86 bits per heavy atom. The number of rotatable bonds is 7. The third-order valence-electron chi connectivity index (χ3n) is 3.21. The smallest absolute Gasteiger partial charge is 0.124 e. The molecule has 1 N–H and O–H groups in total. The molecule has 3 nitrogen and oxygen atoms in total. The minimum absolute atomic E-state index is 0.483. The second-order valence-corrected chi connectivity index (χ2v) is 6.03. The molecule has 0 bridgehead atoms. The molecule has 0 unspecified atom stereocenters. The predicted octanol–water partition coefficient (Wildman–Crippen LogP) is 4.57. The first-order valence-electron chi connectivity index (χ1n) is 7.21. The van der Waals surface area contributed by atoms with Crippen molar-refractivity contribution >= 4 is 11.6 Å². The van der Waals surface area contributed by atoms with Crippen LogP contribution in [0.15, 0.2) is 34.9 Å². The third-order valence-corrected chi connectivity index (χ3v) is 3.44. The molecule has 0 amide bonds. The van der Waals surface area contributed by atoms with E-state index in [1.54, 1.807) is 6.26 Å². The Balaban J connectivity index is 1.94. The Kier molecular flexibility index (Phi) is 5.71. The molecule has 0 saturated heterocycles. The van der Waals surface area contributed by atoms with Gasteiger partial charge in [-0.05, 0) is 43.1 Å². The second-order valence-electron chi connectivity index (χ2n) is 5.59. The number of halogens is 1. The monoisotopic (exact) mass is 307 g/mol. The molecule has 0 fully saturated rings. The van der Waals surface area contributed by atoms with Crippen molar-refractivity contribution in [3.8, 4) is 5.75 Å². The van der Waals surface area contributed by atoms with Crippen molar-refractivity contribution < 1.29 is 9.15 Å². The van der Waals surface area contributed by atoms with Crippen molar-refractivity contribution in [3.63, 3.8) is 0 Å². The van der Waals surface area contributed by atoms with Gasteiger partial charge in [0.25, 0.3) is 0 Å². The molecule has 0 spiro atoms. The highest BCUT2D eigenvalue weighted by Gasteiger charge is 2.08. The van der Waals surface area contributed by atoms with Gasteiger partial charge in [-0.15, -0.1) is 0 Å². The average Bonchev–Trinajstić information content (AvgIpc) is 2.87. The largest absolute Gasteiger partial charge is 0.488 e. The van der Waals surface area contributed by atoms with Crippen molar-refractivity contribution in [3.05, 3.63) is 52.4 Å². The summed E-state index contributed by atoms with van der Waals surface area (Å²) in [5.41, 5.74) is 2.13. The van der Waals surface area contributed by atoms with Gasteiger partial charge in [0.05, 0.1) is 12.8 Å². The van der Waals surface area contributed by atoms with Crippen LogP contribution in [0, 0.1) is 12.8 Å². The van der Waals surface area contributed by atoms with Crippen LogP contribution in [0.5, 0.6) is 5.75 Å². The predicted molar refractivity (Wildman–Crippen MR) is 85.8 cm³/mol. The Morgan fingerprint density at radius 2 is 2.10 bits per heavy atom. The molecule has 1 aromatic carbocycles. The summed E-state index contributed by atoms with van der Waals surface area (Å²) >= 11 is 6.00. The van der Waals surface area contributed by atoms with Gasteiger partial charge < -0.3 is 14.5 Å². The lowest BCUT2D eigenvalue weighted by molar-refractivity contribution is 0.299. The van der Waals surface area contributed by atoms with E-state index in [0.29, 0.717) is 17.5 Å². The molecule has 0 aliphatic carbocycles. The fourth-order valence-electron chi connectivity index (χ4n) is 2.01. The first-order valence-corrected chi connectivity index (χ1v) is 7.59. The number of hydrogen-bond donors (Lipinski definition) is 1. The minimum atomic E-state index is 0.483.